The van der Waals surface area contributed by atoms with Crippen LogP contribution in [0.15, 0.2) is 0 Å². The van der Waals surface area contributed by atoms with E-state index < -0.39 is 0 Å². The number of unbranched alkanes of at least 4 members (excludes halogenated alkanes) is 3. The number of nitrogens with one attached hydrogen (secondary N) is 1. The summed E-state index contributed by atoms with van der Waals surface area (Å²) < 4.78 is 0. The van der Waals surface area contributed by atoms with Crippen molar-refractivity contribution < 1.29 is 0 Å². The fourth-order valence-electron chi connectivity index (χ4n) is 3.20. The van der Waals surface area contributed by atoms with Crippen molar-refractivity contribution in [3.8, 4) is 0 Å². The molecule has 2 atom stereocenters. The highest BCUT2D eigenvalue weighted by atomic mass is 14.9. The van der Waals surface area contributed by atoms with Gasteiger partial charge in [-0.2, -0.15) is 0 Å². The highest BCUT2D eigenvalue weighted by Crippen LogP contribution is 2.33. The number of hydrogen-bond acceptors (Lipinski definition) is 1. The molecule has 0 amide bonds. The van der Waals surface area contributed by atoms with E-state index >= 15 is 0 Å². The third-order valence-corrected chi connectivity index (χ3v) is 4.39. The summed E-state index contributed by atoms with van der Waals surface area (Å²) in [5.74, 6) is 1.95. The molecule has 1 aliphatic carbocycles. The van der Waals surface area contributed by atoms with E-state index in [1.54, 1.807) is 0 Å². The van der Waals surface area contributed by atoms with E-state index in [-0.39, 0.29) is 5.54 Å². The summed E-state index contributed by atoms with van der Waals surface area (Å²) in [6.07, 6.45) is 13.1. The van der Waals surface area contributed by atoms with Gasteiger partial charge in [0, 0.05) is 5.54 Å². The zero-order chi connectivity index (χ0) is 13.4. The number of rotatable bonds is 7. The lowest BCUT2D eigenvalue weighted by molar-refractivity contribution is 0.200. The Balaban J connectivity index is 2.28. The minimum Gasteiger partial charge on any atom is -0.312 e. The van der Waals surface area contributed by atoms with Crippen molar-refractivity contribution in [3.63, 3.8) is 0 Å². The van der Waals surface area contributed by atoms with Crippen molar-refractivity contribution in [1.29, 1.82) is 0 Å². The lowest BCUT2D eigenvalue weighted by Crippen LogP contribution is -2.41. The van der Waals surface area contributed by atoms with Gasteiger partial charge in [0.2, 0.25) is 0 Å². The predicted octanol–water partition coefficient (Wildman–Crippen LogP) is 5.15. The first-order valence-corrected chi connectivity index (χ1v) is 8.28. The van der Waals surface area contributed by atoms with E-state index in [9.17, 15) is 0 Å². The third kappa shape index (κ3) is 6.78. The van der Waals surface area contributed by atoms with Crippen LogP contribution in [0.2, 0.25) is 0 Å². The SMILES string of the molecule is CCCCCCC1CCCCC1CNC(C)(C)C. The van der Waals surface area contributed by atoms with E-state index in [2.05, 4.69) is 33.0 Å². The van der Waals surface area contributed by atoms with Gasteiger partial charge in [-0.15, -0.1) is 0 Å². The summed E-state index contributed by atoms with van der Waals surface area (Å²) >= 11 is 0. The van der Waals surface area contributed by atoms with Crippen molar-refractivity contribution in [1.82, 2.24) is 5.32 Å². The molecule has 18 heavy (non-hydrogen) atoms. The van der Waals surface area contributed by atoms with E-state index in [0.717, 1.165) is 11.8 Å². The van der Waals surface area contributed by atoms with Gasteiger partial charge in [0.15, 0.2) is 0 Å². The van der Waals surface area contributed by atoms with Gasteiger partial charge in [-0.25, -0.2) is 0 Å². The molecule has 1 fully saturated rings. The summed E-state index contributed by atoms with van der Waals surface area (Å²) in [5, 5.41) is 3.72. The summed E-state index contributed by atoms with van der Waals surface area (Å²) in [6.45, 7) is 10.4. The van der Waals surface area contributed by atoms with Crippen LogP contribution in [0.5, 0.6) is 0 Å². The quantitative estimate of drug-likeness (QED) is 0.619. The topological polar surface area (TPSA) is 12.0 Å². The van der Waals surface area contributed by atoms with Crippen LogP contribution in [-0.4, -0.2) is 12.1 Å². The average molecular weight is 253 g/mol. The smallest absolute Gasteiger partial charge is 0.00966 e. The number of hydrogen-bond donors (Lipinski definition) is 1. The van der Waals surface area contributed by atoms with Crippen LogP contribution in [0.4, 0.5) is 0 Å². The molecule has 0 aromatic heterocycles. The van der Waals surface area contributed by atoms with Gasteiger partial charge in [-0.3, -0.25) is 0 Å². The van der Waals surface area contributed by atoms with Gasteiger partial charge in [0.05, 0.1) is 0 Å². The zero-order valence-corrected chi connectivity index (χ0v) is 13.2. The molecule has 0 radical (unpaired) electrons. The zero-order valence-electron chi connectivity index (χ0n) is 13.2. The molecule has 1 aliphatic rings. The second kappa shape index (κ2) is 8.19. The van der Waals surface area contributed by atoms with Crippen molar-refractivity contribution in [2.24, 2.45) is 11.8 Å². The van der Waals surface area contributed by atoms with E-state index in [0.29, 0.717) is 0 Å². The van der Waals surface area contributed by atoms with Crippen molar-refractivity contribution in [2.45, 2.75) is 91.0 Å². The van der Waals surface area contributed by atoms with Crippen molar-refractivity contribution >= 4 is 0 Å². The molecule has 1 N–H and O–H groups in total. The second-order valence-corrected chi connectivity index (χ2v) is 7.28. The standard InChI is InChI=1S/C17H35N/c1-5-6-7-8-11-15-12-9-10-13-16(15)14-18-17(2,3)4/h15-16,18H,5-14H2,1-4H3. The van der Waals surface area contributed by atoms with Gasteiger partial charge < -0.3 is 5.32 Å². The molecule has 0 aromatic carbocycles. The Labute approximate surface area is 115 Å². The lowest BCUT2D eigenvalue weighted by atomic mass is 9.76. The molecule has 0 aromatic rings. The van der Waals surface area contributed by atoms with Crippen LogP contribution < -0.4 is 5.32 Å². The highest BCUT2D eigenvalue weighted by molar-refractivity contribution is 4.80. The maximum absolute atomic E-state index is 3.72. The van der Waals surface area contributed by atoms with Crippen LogP contribution >= 0.6 is 0 Å². The molecule has 0 aliphatic heterocycles. The van der Waals surface area contributed by atoms with E-state index in [4.69, 9.17) is 0 Å². The molecular weight excluding hydrogens is 218 g/mol. The van der Waals surface area contributed by atoms with Gasteiger partial charge in [-0.1, -0.05) is 58.3 Å². The largest absolute Gasteiger partial charge is 0.312 e. The van der Waals surface area contributed by atoms with E-state index in [1.165, 1.54) is 64.3 Å². The fraction of sp³-hybridized carbons (Fsp3) is 1.00. The molecule has 2 unspecified atom stereocenters. The van der Waals surface area contributed by atoms with Gasteiger partial charge >= 0.3 is 0 Å². The molecule has 0 heterocycles. The summed E-state index contributed by atoms with van der Waals surface area (Å²) in [7, 11) is 0. The van der Waals surface area contributed by atoms with Gasteiger partial charge in [-0.05, 0) is 45.6 Å². The Morgan fingerprint density at radius 1 is 0.944 bits per heavy atom. The Morgan fingerprint density at radius 2 is 1.61 bits per heavy atom. The lowest BCUT2D eigenvalue weighted by Gasteiger charge is -2.34. The summed E-state index contributed by atoms with van der Waals surface area (Å²) in [5.41, 5.74) is 0.282. The van der Waals surface area contributed by atoms with Gasteiger partial charge in [0.1, 0.15) is 0 Å². The minimum absolute atomic E-state index is 0.282. The maximum atomic E-state index is 3.72. The first kappa shape index (κ1) is 16.0. The van der Waals surface area contributed by atoms with Crippen LogP contribution in [0.3, 0.4) is 0 Å². The maximum Gasteiger partial charge on any atom is 0.00966 e. The summed E-state index contributed by atoms with van der Waals surface area (Å²) in [6, 6.07) is 0. The van der Waals surface area contributed by atoms with Crippen LogP contribution in [0, 0.1) is 11.8 Å². The average Bonchev–Trinajstić information content (AvgIpc) is 2.32. The van der Waals surface area contributed by atoms with Crippen LogP contribution in [0.1, 0.15) is 85.5 Å². The van der Waals surface area contributed by atoms with Crippen LogP contribution in [-0.2, 0) is 0 Å². The predicted molar refractivity (Wildman–Crippen MR) is 82.0 cm³/mol. The molecule has 0 saturated heterocycles. The Bertz CT molecular complexity index is 204. The molecule has 1 nitrogen and oxygen atoms in total. The Kier molecular flexibility index (Phi) is 7.29. The molecule has 1 rings (SSSR count). The third-order valence-electron chi connectivity index (χ3n) is 4.39. The molecule has 1 saturated carbocycles. The van der Waals surface area contributed by atoms with Gasteiger partial charge in [0.25, 0.3) is 0 Å². The molecule has 1 heteroatoms. The molecule has 0 spiro atoms. The summed E-state index contributed by atoms with van der Waals surface area (Å²) in [4.78, 5) is 0. The minimum atomic E-state index is 0.282. The molecule has 0 bridgehead atoms. The van der Waals surface area contributed by atoms with Crippen LogP contribution in [0.25, 0.3) is 0 Å². The second-order valence-electron chi connectivity index (χ2n) is 7.28. The Morgan fingerprint density at radius 3 is 2.22 bits per heavy atom. The highest BCUT2D eigenvalue weighted by Gasteiger charge is 2.25. The Hall–Kier alpha value is -0.0400. The fourth-order valence-corrected chi connectivity index (χ4v) is 3.20. The normalized spacial score (nSPS) is 25.3. The molecule has 108 valence electrons. The van der Waals surface area contributed by atoms with Crippen molar-refractivity contribution in [2.75, 3.05) is 6.54 Å². The monoisotopic (exact) mass is 253 g/mol. The first-order chi connectivity index (χ1) is 8.53. The molecular formula is C17H35N. The first-order valence-electron chi connectivity index (χ1n) is 8.28. The van der Waals surface area contributed by atoms with Crippen molar-refractivity contribution in [3.05, 3.63) is 0 Å². The van der Waals surface area contributed by atoms with E-state index in [1.807, 2.05) is 0 Å².